The fourth-order valence-corrected chi connectivity index (χ4v) is 2.70. The SMILES string of the molecule is CN=C(NCCCSc1ccc(F)cc1)NCCNC(=O)C(C)(C)C.I. The van der Waals surface area contributed by atoms with Gasteiger partial charge in [-0.15, -0.1) is 35.7 Å². The summed E-state index contributed by atoms with van der Waals surface area (Å²) in [5, 5.41) is 9.29. The summed E-state index contributed by atoms with van der Waals surface area (Å²) in [6.45, 7) is 7.63. The summed E-state index contributed by atoms with van der Waals surface area (Å²) in [5.74, 6) is 1.49. The maximum atomic E-state index is 12.8. The van der Waals surface area contributed by atoms with Gasteiger partial charge in [0.1, 0.15) is 5.82 Å². The zero-order chi connectivity index (χ0) is 18.7. The molecule has 0 aromatic heterocycles. The van der Waals surface area contributed by atoms with E-state index in [9.17, 15) is 9.18 Å². The topological polar surface area (TPSA) is 65.5 Å². The Morgan fingerprint density at radius 1 is 1.08 bits per heavy atom. The summed E-state index contributed by atoms with van der Waals surface area (Å²) in [6.07, 6.45) is 0.962. The van der Waals surface area contributed by atoms with Crippen LogP contribution < -0.4 is 16.0 Å². The predicted octanol–water partition coefficient (Wildman–Crippen LogP) is 3.25. The van der Waals surface area contributed by atoms with Gasteiger partial charge in [0.25, 0.3) is 0 Å². The van der Waals surface area contributed by atoms with Gasteiger partial charge in [0.15, 0.2) is 5.96 Å². The van der Waals surface area contributed by atoms with E-state index >= 15 is 0 Å². The van der Waals surface area contributed by atoms with E-state index in [1.807, 2.05) is 20.8 Å². The van der Waals surface area contributed by atoms with Gasteiger partial charge in [0.05, 0.1) is 0 Å². The van der Waals surface area contributed by atoms with Gasteiger partial charge in [-0.2, -0.15) is 0 Å². The number of carbonyl (C=O) groups is 1. The van der Waals surface area contributed by atoms with Crippen LogP contribution in [0.15, 0.2) is 34.2 Å². The van der Waals surface area contributed by atoms with E-state index < -0.39 is 0 Å². The minimum Gasteiger partial charge on any atom is -0.356 e. The van der Waals surface area contributed by atoms with E-state index in [-0.39, 0.29) is 41.1 Å². The average molecular weight is 496 g/mol. The van der Waals surface area contributed by atoms with E-state index in [0.717, 1.165) is 29.6 Å². The molecule has 26 heavy (non-hydrogen) atoms. The normalized spacial score (nSPS) is 11.5. The lowest BCUT2D eigenvalue weighted by molar-refractivity contribution is -0.128. The zero-order valence-electron chi connectivity index (χ0n) is 15.9. The molecule has 0 bridgehead atoms. The first-order valence-electron chi connectivity index (χ1n) is 8.44. The molecule has 0 aliphatic heterocycles. The fourth-order valence-electron chi connectivity index (χ4n) is 1.84. The molecule has 1 aromatic carbocycles. The number of aliphatic imine (C=N–C) groups is 1. The summed E-state index contributed by atoms with van der Waals surface area (Å²) >= 11 is 1.70. The van der Waals surface area contributed by atoms with Gasteiger partial charge in [-0.25, -0.2) is 4.39 Å². The van der Waals surface area contributed by atoms with Crippen LogP contribution in [0.2, 0.25) is 0 Å². The molecule has 1 amide bonds. The molecule has 0 saturated carbocycles. The number of halogens is 2. The quantitative estimate of drug-likeness (QED) is 0.170. The van der Waals surface area contributed by atoms with Gasteiger partial charge >= 0.3 is 0 Å². The Balaban J connectivity index is 0.00000625. The highest BCUT2D eigenvalue weighted by Crippen LogP contribution is 2.18. The Bertz CT molecular complexity index is 561. The van der Waals surface area contributed by atoms with Crippen LogP contribution in [0.4, 0.5) is 4.39 Å². The first kappa shape index (κ1) is 25.0. The number of hydrogen-bond acceptors (Lipinski definition) is 3. The maximum Gasteiger partial charge on any atom is 0.225 e. The summed E-state index contributed by atoms with van der Waals surface area (Å²) in [4.78, 5) is 17.0. The summed E-state index contributed by atoms with van der Waals surface area (Å²) in [6, 6.07) is 6.54. The third-order valence-electron chi connectivity index (χ3n) is 3.30. The number of guanidine groups is 1. The molecule has 8 heteroatoms. The van der Waals surface area contributed by atoms with Crippen LogP contribution in [0, 0.1) is 11.2 Å². The van der Waals surface area contributed by atoms with E-state index in [1.165, 1.54) is 12.1 Å². The van der Waals surface area contributed by atoms with E-state index in [2.05, 4.69) is 20.9 Å². The molecule has 5 nitrogen and oxygen atoms in total. The van der Waals surface area contributed by atoms with Crippen LogP contribution in [-0.4, -0.2) is 44.3 Å². The van der Waals surface area contributed by atoms with Crippen LogP contribution in [0.5, 0.6) is 0 Å². The molecular weight excluding hydrogens is 466 g/mol. The molecule has 0 saturated heterocycles. The Hall–Kier alpha value is -1.03. The molecule has 148 valence electrons. The van der Waals surface area contributed by atoms with Crippen molar-refractivity contribution in [3.8, 4) is 0 Å². The number of nitrogens with one attached hydrogen (secondary N) is 3. The van der Waals surface area contributed by atoms with Gasteiger partial charge in [0, 0.05) is 37.0 Å². The van der Waals surface area contributed by atoms with Crippen molar-refractivity contribution in [2.24, 2.45) is 10.4 Å². The number of carbonyl (C=O) groups excluding carboxylic acids is 1. The van der Waals surface area contributed by atoms with Crippen molar-refractivity contribution in [2.45, 2.75) is 32.1 Å². The highest BCUT2D eigenvalue weighted by atomic mass is 127. The van der Waals surface area contributed by atoms with Gasteiger partial charge in [-0.05, 0) is 36.4 Å². The second-order valence-electron chi connectivity index (χ2n) is 6.59. The van der Waals surface area contributed by atoms with Gasteiger partial charge < -0.3 is 16.0 Å². The Morgan fingerprint density at radius 2 is 1.65 bits per heavy atom. The fraction of sp³-hybridized carbons (Fsp3) is 0.556. The predicted molar refractivity (Wildman–Crippen MR) is 119 cm³/mol. The van der Waals surface area contributed by atoms with Crippen molar-refractivity contribution in [3.05, 3.63) is 30.1 Å². The van der Waals surface area contributed by atoms with Crippen molar-refractivity contribution >= 4 is 47.6 Å². The maximum absolute atomic E-state index is 12.8. The molecule has 3 N–H and O–H groups in total. The van der Waals surface area contributed by atoms with E-state index in [4.69, 9.17) is 0 Å². The van der Waals surface area contributed by atoms with Crippen molar-refractivity contribution in [1.29, 1.82) is 0 Å². The minimum absolute atomic E-state index is 0. The molecule has 0 unspecified atom stereocenters. The van der Waals surface area contributed by atoms with E-state index in [0.29, 0.717) is 13.1 Å². The molecule has 0 fully saturated rings. The molecule has 0 aliphatic rings. The highest BCUT2D eigenvalue weighted by molar-refractivity contribution is 14.0. The van der Waals surface area contributed by atoms with Crippen molar-refractivity contribution < 1.29 is 9.18 Å². The Morgan fingerprint density at radius 3 is 2.23 bits per heavy atom. The third kappa shape index (κ3) is 10.8. The molecule has 1 rings (SSSR count). The molecule has 0 radical (unpaired) electrons. The Labute approximate surface area is 177 Å². The lowest BCUT2D eigenvalue weighted by atomic mass is 9.96. The second kappa shape index (κ2) is 13.2. The first-order chi connectivity index (χ1) is 11.8. The zero-order valence-corrected chi connectivity index (χ0v) is 19.0. The number of amides is 1. The van der Waals surface area contributed by atoms with Crippen molar-refractivity contribution in [3.63, 3.8) is 0 Å². The average Bonchev–Trinajstić information content (AvgIpc) is 2.57. The number of thioether (sulfide) groups is 1. The van der Waals surface area contributed by atoms with Crippen LogP contribution in [0.3, 0.4) is 0 Å². The van der Waals surface area contributed by atoms with Gasteiger partial charge in [-0.1, -0.05) is 20.8 Å². The second-order valence-corrected chi connectivity index (χ2v) is 7.76. The van der Waals surface area contributed by atoms with E-state index in [1.54, 1.807) is 30.9 Å². The smallest absolute Gasteiger partial charge is 0.225 e. The van der Waals surface area contributed by atoms with Crippen LogP contribution in [0.1, 0.15) is 27.2 Å². The summed E-state index contributed by atoms with van der Waals surface area (Å²) < 4.78 is 12.8. The monoisotopic (exact) mass is 496 g/mol. The molecule has 1 aromatic rings. The number of nitrogens with zero attached hydrogens (tertiary/aromatic N) is 1. The molecular formula is C18H30FIN4OS. The number of hydrogen-bond donors (Lipinski definition) is 3. The largest absolute Gasteiger partial charge is 0.356 e. The first-order valence-corrected chi connectivity index (χ1v) is 9.42. The van der Waals surface area contributed by atoms with Crippen LogP contribution in [0.25, 0.3) is 0 Å². The summed E-state index contributed by atoms with van der Waals surface area (Å²) in [5.41, 5.74) is -0.373. The van der Waals surface area contributed by atoms with Gasteiger partial charge in [0.2, 0.25) is 5.91 Å². The lowest BCUT2D eigenvalue weighted by Gasteiger charge is -2.18. The molecule has 0 spiro atoms. The highest BCUT2D eigenvalue weighted by Gasteiger charge is 2.20. The number of rotatable bonds is 8. The van der Waals surface area contributed by atoms with Crippen molar-refractivity contribution in [2.75, 3.05) is 32.4 Å². The van der Waals surface area contributed by atoms with Crippen LogP contribution >= 0.6 is 35.7 Å². The number of benzene rings is 1. The standard InChI is InChI=1S/C18H29FN4OS.HI/c1-18(2,3)16(24)21-11-12-23-17(20-4)22-10-5-13-25-15-8-6-14(19)7-9-15;/h6-9H,5,10-13H2,1-4H3,(H,21,24)(H2,20,22,23);1H. The molecule has 0 atom stereocenters. The summed E-state index contributed by atoms with van der Waals surface area (Å²) in [7, 11) is 1.72. The van der Waals surface area contributed by atoms with Crippen LogP contribution in [-0.2, 0) is 4.79 Å². The Kier molecular flexibility index (Phi) is 12.7. The third-order valence-corrected chi connectivity index (χ3v) is 4.40. The lowest BCUT2D eigenvalue weighted by Crippen LogP contribution is -2.43. The van der Waals surface area contributed by atoms with Crippen molar-refractivity contribution in [1.82, 2.24) is 16.0 Å². The minimum atomic E-state index is -0.373. The molecule has 0 aliphatic carbocycles. The van der Waals surface area contributed by atoms with Gasteiger partial charge in [-0.3, -0.25) is 9.79 Å². The molecule has 0 heterocycles.